The van der Waals surface area contributed by atoms with Gasteiger partial charge >= 0.3 is 5.97 Å². The Balaban J connectivity index is 0.000000252. The van der Waals surface area contributed by atoms with Crippen LogP contribution in [-0.2, 0) is 0 Å². The summed E-state index contributed by atoms with van der Waals surface area (Å²) in [6.45, 7) is 8.82. The zero-order chi connectivity index (χ0) is 28.9. The van der Waals surface area contributed by atoms with Crippen LogP contribution in [0, 0.1) is 0 Å². The van der Waals surface area contributed by atoms with E-state index in [9.17, 15) is 9.59 Å². The minimum atomic E-state index is -0.859. The van der Waals surface area contributed by atoms with E-state index in [2.05, 4.69) is 50.1 Å². The molecule has 4 rings (SSSR count). The molecule has 5 nitrogen and oxygen atoms in total. The van der Waals surface area contributed by atoms with Crippen LogP contribution in [0.1, 0.15) is 110 Å². The molecule has 210 valence electrons. The van der Waals surface area contributed by atoms with Crippen LogP contribution in [0.4, 0.5) is 5.69 Å². The van der Waals surface area contributed by atoms with Gasteiger partial charge in [-0.05, 0) is 72.2 Å². The Labute approximate surface area is 238 Å². The number of anilines is 1. The predicted octanol–water partition coefficient (Wildman–Crippen LogP) is 9.46. The number of carbonyl (C=O) groups is 2. The third kappa shape index (κ3) is 9.04. The van der Waals surface area contributed by atoms with Crippen molar-refractivity contribution >= 4 is 28.5 Å². The van der Waals surface area contributed by atoms with Crippen LogP contribution >= 0.6 is 0 Å². The van der Waals surface area contributed by atoms with Crippen LogP contribution in [0.3, 0.4) is 0 Å². The molecule has 1 amide bonds. The Morgan fingerprint density at radius 2 is 1.30 bits per heavy atom. The molecule has 0 spiro atoms. The van der Waals surface area contributed by atoms with Gasteiger partial charge in [0, 0.05) is 10.9 Å². The molecule has 2 unspecified atom stereocenters. The van der Waals surface area contributed by atoms with Crippen molar-refractivity contribution in [3.63, 3.8) is 0 Å². The van der Waals surface area contributed by atoms with E-state index in [0.29, 0.717) is 28.7 Å². The molecule has 1 heterocycles. The third-order valence-corrected chi connectivity index (χ3v) is 7.30. The number of carboxylic acid groups (broad SMARTS) is 1. The molecule has 0 fully saturated rings. The number of carbonyl (C=O) groups excluding carboxylic acids is 1. The highest BCUT2D eigenvalue weighted by molar-refractivity contribution is 6.04. The van der Waals surface area contributed by atoms with Crippen LogP contribution in [0.2, 0.25) is 0 Å². The molecule has 0 aliphatic rings. The number of aromatic carboxylic acids is 1. The average molecular weight is 539 g/mol. The zero-order valence-electron chi connectivity index (χ0n) is 24.2. The number of hydrogen-bond acceptors (Lipinski definition) is 3. The molecule has 0 saturated carbocycles. The second kappa shape index (κ2) is 15.6. The minimum Gasteiger partial charge on any atom is -0.478 e. The number of nitrogens with one attached hydrogen (secondary N) is 1. The Hall–Kier alpha value is -3.99. The molecule has 0 bridgehead atoms. The van der Waals surface area contributed by atoms with Crippen molar-refractivity contribution < 1.29 is 14.7 Å². The Kier molecular flexibility index (Phi) is 11.9. The topological polar surface area (TPSA) is 79.3 Å². The fourth-order valence-electron chi connectivity index (χ4n) is 4.61. The number of hydrogen-bond donors (Lipinski definition) is 2. The standard InChI is InChI=1S/C22H24N2O.C13H18O2/c1-3-4-7-16(2)17-10-12-18(13-11-17)22(25)24-20-14-19-8-5-6-9-21(19)23-15-20;1-3-4-5-10(2)11-6-8-12(9-7-11)13(14)15/h5-6,8-16H,3-4,7H2,1-2H3,(H,24,25);6-10H,3-5H2,1-2H3,(H,14,15). The lowest BCUT2D eigenvalue weighted by Gasteiger charge is -2.12. The average Bonchev–Trinajstić information content (AvgIpc) is 2.99. The van der Waals surface area contributed by atoms with Crippen molar-refractivity contribution in [1.82, 2.24) is 4.98 Å². The van der Waals surface area contributed by atoms with Gasteiger partial charge < -0.3 is 10.4 Å². The van der Waals surface area contributed by atoms with Gasteiger partial charge in [-0.25, -0.2) is 4.79 Å². The van der Waals surface area contributed by atoms with Crippen molar-refractivity contribution in [3.8, 4) is 0 Å². The maximum atomic E-state index is 12.5. The molecule has 4 aromatic rings. The zero-order valence-corrected chi connectivity index (χ0v) is 24.2. The van der Waals surface area contributed by atoms with Crippen LogP contribution < -0.4 is 5.32 Å². The van der Waals surface area contributed by atoms with Crippen molar-refractivity contribution in [1.29, 1.82) is 0 Å². The minimum absolute atomic E-state index is 0.107. The summed E-state index contributed by atoms with van der Waals surface area (Å²) in [6.07, 6.45) is 8.93. The summed E-state index contributed by atoms with van der Waals surface area (Å²) in [5.74, 6) is 0.0853. The lowest BCUT2D eigenvalue weighted by atomic mass is 9.95. The van der Waals surface area contributed by atoms with E-state index in [1.54, 1.807) is 18.3 Å². The molecule has 0 aliphatic heterocycles. The molecule has 0 saturated heterocycles. The van der Waals surface area contributed by atoms with E-state index in [1.807, 2.05) is 54.6 Å². The summed E-state index contributed by atoms with van der Waals surface area (Å²) in [7, 11) is 0. The van der Waals surface area contributed by atoms with Gasteiger partial charge in [-0.15, -0.1) is 0 Å². The number of carboxylic acids is 1. The van der Waals surface area contributed by atoms with Gasteiger partial charge in [-0.2, -0.15) is 0 Å². The van der Waals surface area contributed by atoms with E-state index in [-0.39, 0.29) is 5.91 Å². The predicted molar refractivity (Wildman–Crippen MR) is 165 cm³/mol. The Morgan fingerprint density at radius 1 is 0.775 bits per heavy atom. The first kappa shape index (κ1) is 30.6. The Bertz CT molecular complexity index is 1360. The highest BCUT2D eigenvalue weighted by Crippen LogP contribution is 2.23. The van der Waals surface area contributed by atoms with Gasteiger partial charge in [0.05, 0.1) is 23.0 Å². The molecule has 2 atom stereocenters. The first-order valence-corrected chi connectivity index (χ1v) is 14.4. The maximum absolute atomic E-state index is 12.5. The smallest absolute Gasteiger partial charge is 0.335 e. The van der Waals surface area contributed by atoms with E-state index in [1.165, 1.54) is 49.7 Å². The molecule has 1 aromatic heterocycles. The van der Waals surface area contributed by atoms with Gasteiger partial charge in [0.25, 0.3) is 5.91 Å². The Morgan fingerprint density at radius 3 is 1.82 bits per heavy atom. The van der Waals surface area contributed by atoms with E-state index >= 15 is 0 Å². The number of benzene rings is 3. The van der Waals surface area contributed by atoms with E-state index in [0.717, 1.165) is 10.9 Å². The molecule has 40 heavy (non-hydrogen) atoms. The quantitative estimate of drug-likeness (QED) is 0.199. The van der Waals surface area contributed by atoms with E-state index in [4.69, 9.17) is 5.11 Å². The molecule has 2 N–H and O–H groups in total. The van der Waals surface area contributed by atoms with E-state index < -0.39 is 5.97 Å². The summed E-state index contributed by atoms with van der Waals surface area (Å²) in [5, 5.41) is 12.7. The van der Waals surface area contributed by atoms with Gasteiger partial charge in [0.1, 0.15) is 0 Å². The largest absolute Gasteiger partial charge is 0.478 e. The van der Waals surface area contributed by atoms with Gasteiger partial charge in [-0.3, -0.25) is 9.78 Å². The molecule has 5 heteroatoms. The van der Waals surface area contributed by atoms with Crippen molar-refractivity contribution in [3.05, 3.63) is 107 Å². The van der Waals surface area contributed by atoms with Gasteiger partial charge in [0.15, 0.2) is 0 Å². The summed E-state index contributed by atoms with van der Waals surface area (Å²) in [6, 6.07) is 25.0. The molecular weight excluding hydrogens is 496 g/mol. The highest BCUT2D eigenvalue weighted by Gasteiger charge is 2.10. The monoisotopic (exact) mass is 538 g/mol. The number of aromatic nitrogens is 1. The lowest BCUT2D eigenvalue weighted by molar-refractivity contribution is 0.0696. The highest BCUT2D eigenvalue weighted by atomic mass is 16.4. The van der Waals surface area contributed by atoms with Crippen molar-refractivity contribution in [2.24, 2.45) is 0 Å². The number of amides is 1. The normalized spacial score (nSPS) is 12.2. The van der Waals surface area contributed by atoms with Gasteiger partial charge in [0.2, 0.25) is 0 Å². The van der Waals surface area contributed by atoms with Gasteiger partial charge in [-0.1, -0.05) is 95.8 Å². The van der Waals surface area contributed by atoms with Crippen LogP contribution in [-0.4, -0.2) is 22.0 Å². The second-order valence-corrected chi connectivity index (χ2v) is 10.5. The second-order valence-electron chi connectivity index (χ2n) is 10.5. The number of nitrogens with zero attached hydrogens (tertiary/aromatic N) is 1. The summed E-state index contributed by atoms with van der Waals surface area (Å²) >= 11 is 0. The first-order chi connectivity index (χ1) is 19.3. The lowest BCUT2D eigenvalue weighted by Crippen LogP contribution is -2.12. The van der Waals surface area contributed by atoms with Crippen LogP contribution in [0.25, 0.3) is 10.9 Å². The summed E-state index contributed by atoms with van der Waals surface area (Å²) < 4.78 is 0. The maximum Gasteiger partial charge on any atom is 0.335 e. The number of para-hydroxylation sites is 1. The van der Waals surface area contributed by atoms with Crippen molar-refractivity contribution in [2.45, 2.75) is 78.1 Å². The SMILES string of the molecule is CCCCC(C)c1ccc(C(=O)Nc2cnc3ccccc3c2)cc1.CCCCC(C)c1ccc(C(=O)O)cc1. The fraction of sp³-hybridized carbons (Fsp3) is 0.343. The molecular formula is C35H42N2O3. The number of pyridine rings is 1. The first-order valence-electron chi connectivity index (χ1n) is 14.4. The summed E-state index contributed by atoms with van der Waals surface area (Å²) in [4.78, 5) is 27.5. The molecule has 0 aliphatic carbocycles. The molecule has 0 radical (unpaired) electrons. The van der Waals surface area contributed by atoms with Crippen LogP contribution in [0.15, 0.2) is 85.1 Å². The van der Waals surface area contributed by atoms with Crippen molar-refractivity contribution in [2.75, 3.05) is 5.32 Å². The van der Waals surface area contributed by atoms with Crippen LogP contribution in [0.5, 0.6) is 0 Å². The number of rotatable bonds is 11. The molecule has 3 aromatic carbocycles. The fourth-order valence-corrected chi connectivity index (χ4v) is 4.61. The summed E-state index contributed by atoms with van der Waals surface area (Å²) in [5.41, 5.74) is 5.18. The number of unbranched alkanes of at least 4 members (excludes halogenated alkanes) is 2. The third-order valence-electron chi connectivity index (χ3n) is 7.30. The number of fused-ring (bicyclic) bond motifs is 1.